The van der Waals surface area contributed by atoms with Gasteiger partial charge in [-0.3, -0.25) is 0 Å². The standard InChI is InChI=1S/C14H23N3/c1-11(2)17-9-5-6-12(10-17)13-7-4-8-14(15-3)16-13/h4,7-8,11-12H,5-6,9-10H2,1-3H3,(H,15,16). The summed E-state index contributed by atoms with van der Waals surface area (Å²) >= 11 is 0. The predicted octanol–water partition coefficient (Wildman–Crippen LogP) is 2.71. The van der Waals surface area contributed by atoms with Crippen molar-refractivity contribution in [2.24, 2.45) is 0 Å². The molecule has 1 saturated heterocycles. The van der Waals surface area contributed by atoms with Gasteiger partial charge < -0.3 is 10.2 Å². The molecular formula is C14H23N3. The first-order valence-corrected chi connectivity index (χ1v) is 6.59. The molecule has 17 heavy (non-hydrogen) atoms. The number of aromatic nitrogens is 1. The second-order valence-electron chi connectivity index (χ2n) is 5.13. The van der Waals surface area contributed by atoms with Crippen molar-refractivity contribution in [3.8, 4) is 0 Å². The van der Waals surface area contributed by atoms with Crippen molar-refractivity contribution in [2.75, 3.05) is 25.5 Å². The molecule has 3 nitrogen and oxygen atoms in total. The highest BCUT2D eigenvalue weighted by atomic mass is 15.2. The maximum Gasteiger partial charge on any atom is 0.125 e. The van der Waals surface area contributed by atoms with E-state index in [4.69, 9.17) is 0 Å². The molecular weight excluding hydrogens is 210 g/mol. The molecule has 0 aromatic carbocycles. The van der Waals surface area contributed by atoms with Crippen LogP contribution in [0.2, 0.25) is 0 Å². The van der Waals surface area contributed by atoms with Gasteiger partial charge in [-0.2, -0.15) is 0 Å². The number of likely N-dealkylation sites (tertiary alicyclic amines) is 1. The molecule has 1 aliphatic rings. The summed E-state index contributed by atoms with van der Waals surface area (Å²) in [6.07, 6.45) is 2.55. The molecule has 1 unspecified atom stereocenters. The number of nitrogens with zero attached hydrogens (tertiary/aromatic N) is 2. The van der Waals surface area contributed by atoms with Crippen LogP contribution in [0.15, 0.2) is 18.2 Å². The third kappa shape index (κ3) is 2.97. The van der Waals surface area contributed by atoms with E-state index in [1.165, 1.54) is 25.1 Å². The summed E-state index contributed by atoms with van der Waals surface area (Å²) in [5.41, 5.74) is 1.24. The zero-order chi connectivity index (χ0) is 12.3. The maximum atomic E-state index is 4.67. The Morgan fingerprint density at radius 1 is 1.41 bits per heavy atom. The topological polar surface area (TPSA) is 28.2 Å². The van der Waals surface area contributed by atoms with Gasteiger partial charge in [-0.1, -0.05) is 6.07 Å². The normalized spacial score (nSPS) is 21.8. The van der Waals surface area contributed by atoms with Gasteiger partial charge in [-0.05, 0) is 45.4 Å². The van der Waals surface area contributed by atoms with Crippen LogP contribution in [-0.4, -0.2) is 36.1 Å². The van der Waals surface area contributed by atoms with Gasteiger partial charge in [-0.15, -0.1) is 0 Å². The van der Waals surface area contributed by atoms with Crippen LogP contribution in [-0.2, 0) is 0 Å². The van der Waals surface area contributed by atoms with E-state index in [0.29, 0.717) is 12.0 Å². The minimum Gasteiger partial charge on any atom is -0.373 e. The molecule has 0 saturated carbocycles. The van der Waals surface area contributed by atoms with Crippen molar-refractivity contribution in [2.45, 2.75) is 38.6 Å². The van der Waals surface area contributed by atoms with E-state index in [1.54, 1.807) is 0 Å². The van der Waals surface area contributed by atoms with Gasteiger partial charge in [0.1, 0.15) is 5.82 Å². The molecule has 0 amide bonds. The minimum atomic E-state index is 0.597. The smallest absolute Gasteiger partial charge is 0.125 e. The molecule has 1 atom stereocenters. The lowest BCUT2D eigenvalue weighted by atomic mass is 9.93. The van der Waals surface area contributed by atoms with Crippen molar-refractivity contribution in [1.29, 1.82) is 0 Å². The van der Waals surface area contributed by atoms with Crippen LogP contribution in [0, 0.1) is 0 Å². The quantitative estimate of drug-likeness (QED) is 0.870. The molecule has 3 heteroatoms. The molecule has 2 rings (SSSR count). The number of rotatable bonds is 3. The zero-order valence-electron chi connectivity index (χ0n) is 11.1. The molecule has 1 aromatic rings. The third-order valence-corrected chi connectivity index (χ3v) is 3.63. The SMILES string of the molecule is CNc1cccc(C2CCCN(C(C)C)C2)n1. The molecule has 2 heterocycles. The van der Waals surface area contributed by atoms with E-state index in [1.807, 2.05) is 13.1 Å². The van der Waals surface area contributed by atoms with Crippen LogP contribution < -0.4 is 5.32 Å². The average molecular weight is 233 g/mol. The number of piperidine rings is 1. The van der Waals surface area contributed by atoms with E-state index in [-0.39, 0.29) is 0 Å². The summed E-state index contributed by atoms with van der Waals surface area (Å²) in [6.45, 7) is 6.94. The summed E-state index contributed by atoms with van der Waals surface area (Å²) in [5, 5.41) is 3.12. The molecule has 1 N–H and O–H groups in total. The number of nitrogens with one attached hydrogen (secondary N) is 1. The highest BCUT2D eigenvalue weighted by Gasteiger charge is 2.23. The van der Waals surface area contributed by atoms with Gasteiger partial charge in [0.05, 0.1) is 0 Å². The molecule has 0 bridgehead atoms. The zero-order valence-corrected chi connectivity index (χ0v) is 11.1. The first-order chi connectivity index (χ1) is 8.20. The molecule has 1 aromatic heterocycles. The van der Waals surface area contributed by atoms with E-state index >= 15 is 0 Å². The van der Waals surface area contributed by atoms with Gasteiger partial charge in [-0.25, -0.2) is 4.98 Å². The fraction of sp³-hybridized carbons (Fsp3) is 0.643. The van der Waals surface area contributed by atoms with Crippen LogP contribution in [0.1, 0.15) is 38.3 Å². The predicted molar refractivity (Wildman–Crippen MR) is 72.5 cm³/mol. The van der Waals surface area contributed by atoms with E-state index < -0.39 is 0 Å². The van der Waals surface area contributed by atoms with Crippen molar-refractivity contribution in [1.82, 2.24) is 9.88 Å². The third-order valence-electron chi connectivity index (χ3n) is 3.63. The van der Waals surface area contributed by atoms with Crippen molar-refractivity contribution >= 4 is 5.82 Å². The van der Waals surface area contributed by atoms with Gasteiger partial charge in [0, 0.05) is 31.2 Å². The average Bonchev–Trinajstić information content (AvgIpc) is 2.39. The fourth-order valence-corrected chi connectivity index (χ4v) is 2.53. The van der Waals surface area contributed by atoms with E-state index in [9.17, 15) is 0 Å². The Bertz CT molecular complexity index is 362. The van der Waals surface area contributed by atoms with E-state index in [2.05, 4.69) is 41.2 Å². The highest BCUT2D eigenvalue weighted by Crippen LogP contribution is 2.27. The Morgan fingerprint density at radius 2 is 2.24 bits per heavy atom. The van der Waals surface area contributed by atoms with Gasteiger partial charge in [0.2, 0.25) is 0 Å². The number of hydrogen-bond donors (Lipinski definition) is 1. The Labute approximate surface area is 104 Å². The van der Waals surface area contributed by atoms with Crippen LogP contribution in [0.4, 0.5) is 5.82 Å². The minimum absolute atomic E-state index is 0.597. The van der Waals surface area contributed by atoms with Crippen LogP contribution >= 0.6 is 0 Å². The summed E-state index contributed by atoms with van der Waals surface area (Å²) < 4.78 is 0. The van der Waals surface area contributed by atoms with Gasteiger partial charge in [0.15, 0.2) is 0 Å². The fourth-order valence-electron chi connectivity index (χ4n) is 2.53. The molecule has 0 spiro atoms. The van der Waals surface area contributed by atoms with Gasteiger partial charge >= 0.3 is 0 Å². The lowest BCUT2D eigenvalue weighted by molar-refractivity contribution is 0.166. The first kappa shape index (κ1) is 12.4. The summed E-state index contributed by atoms with van der Waals surface area (Å²) in [7, 11) is 1.92. The Morgan fingerprint density at radius 3 is 2.94 bits per heavy atom. The number of pyridine rings is 1. The first-order valence-electron chi connectivity index (χ1n) is 6.59. The van der Waals surface area contributed by atoms with E-state index in [0.717, 1.165) is 12.4 Å². The van der Waals surface area contributed by atoms with Crippen molar-refractivity contribution in [3.05, 3.63) is 23.9 Å². The van der Waals surface area contributed by atoms with Gasteiger partial charge in [0.25, 0.3) is 0 Å². The lowest BCUT2D eigenvalue weighted by Crippen LogP contribution is -2.39. The maximum absolute atomic E-state index is 4.67. The van der Waals surface area contributed by atoms with Crippen molar-refractivity contribution in [3.63, 3.8) is 0 Å². The second kappa shape index (κ2) is 5.50. The largest absolute Gasteiger partial charge is 0.373 e. The lowest BCUT2D eigenvalue weighted by Gasteiger charge is -2.35. The molecule has 1 fully saturated rings. The summed E-state index contributed by atoms with van der Waals surface area (Å²) in [6, 6.07) is 6.93. The summed E-state index contributed by atoms with van der Waals surface area (Å²) in [5.74, 6) is 1.57. The Balaban J connectivity index is 2.10. The van der Waals surface area contributed by atoms with Crippen molar-refractivity contribution < 1.29 is 0 Å². The molecule has 0 aliphatic carbocycles. The monoisotopic (exact) mass is 233 g/mol. The Hall–Kier alpha value is -1.09. The molecule has 94 valence electrons. The second-order valence-corrected chi connectivity index (χ2v) is 5.13. The molecule has 1 aliphatic heterocycles. The van der Waals surface area contributed by atoms with Crippen LogP contribution in [0.3, 0.4) is 0 Å². The van der Waals surface area contributed by atoms with Crippen LogP contribution in [0.5, 0.6) is 0 Å². The number of anilines is 1. The summed E-state index contributed by atoms with van der Waals surface area (Å²) in [4.78, 5) is 7.23. The number of hydrogen-bond acceptors (Lipinski definition) is 3. The van der Waals surface area contributed by atoms with Crippen LogP contribution in [0.25, 0.3) is 0 Å². The highest BCUT2D eigenvalue weighted by molar-refractivity contribution is 5.35. The molecule has 0 radical (unpaired) electrons. The Kier molecular flexibility index (Phi) is 4.00.